The molecule has 1 aliphatic heterocycles. The molecular formula is C13H20ClNS2. The fourth-order valence-electron chi connectivity index (χ4n) is 2.26. The number of hydrogen-bond donors (Lipinski definition) is 1. The Balaban J connectivity index is 1.94. The smallest absolute Gasteiger partial charge is 0.0931 e. The van der Waals surface area contributed by atoms with Crippen LogP contribution in [0.15, 0.2) is 12.1 Å². The van der Waals surface area contributed by atoms with E-state index in [1.165, 1.54) is 29.9 Å². The van der Waals surface area contributed by atoms with Crippen molar-refractivity contribution >= 4 is 34.7 Å². The molecule has 1 N–H and O–H groups in total. The molecule has 1 saturated heterocycles. The van der Waals surface area contributed by atoms with Gasteiger partial charge in [-0.25, -0.2) is 0 Å². The summed E-state index contributed by atoms with van der Waals surface area (Å²) < 4.78 is 0.910. The molecule has 2 unspecified atom stereocenters. The summed E-state index contributed by atoms with van der Waals surface area (Å²) in [5, 5.41) is 4.51. The van der Waals surface area contributed by atoms with Crippen molar-refractivity contribution in [2.75, 3.05) is 12.3 Å². The van der Waals surface area contributed by atoms with E-state index >= 15 is 0 Å². The third kappa shape index (κ3) is 4.16. The van der Waals surface area contributed by atoms with Crippen molar-refractivity contribution < 1.29 is 0 Å². The Bertz CT molecular complexity index is 334. The molecule has 1 fully saturated rings. The molecule has 96 valence electrons. The van der Waals surface area contributed by atoms with Crippen LogP contribution in [-0.2, 0) is 6.42 Å². The van der Waals surface area contributed by atoms with Crippen LogP contribution in [0.5, 0.6) is 0 Å². The van der Waals surface area contributed by atoms with Gasteiger partial charge in [-0.2, -0.15) is 11.8 Å². The number of nitrogens with one attached hydrogen (secondary N) is 1. The fourth-order valence-corrected chi connectivity index (χ4v) is 4.80. The van der Waals surface area contributed by atoms with Crippen LogP contribution in [0.1, 0.15) is 31.1 Å². The van der Waals surface area contributed by atoms with E-state index in [-0.39, 0.29) is 0 Å². The Hall–Kier alpha value is 0.300. The topological polar surface area (TPSA) is 12.0 Å². The van der Waals surface area contributed by atoms with Gasteiger partial charge in [0.2, 0.25) is 0 Å². The molecule has 2 rings (SSSR count). The minimum Gasteiger partial charge on any atom is -0.313 e. The van der Waals surface area contributed by atoms with Gasteiger partial charge in [-0.05, 0) is 50.1 Å². The van der Waals surface area contributed by atoms with Gasteiger partial charge >= 0.3 is 0 Å². The van der Waals surface area contributed by atoms with Crippen molar-refractivity contribution in [1.82, 2.24) is 5.32 Å². The Morgan fingerprint density at radius 2 is 2.41 bits per heavy atom. The fraction of sp³-hybridized carbons (Fsp3) is 0.692. The highest BCUT2D eigenvalue weighted by atomic mass is 35.5. The van der Waals surface area contributed by atoms with Crippen molar-refractivity contribution in [3.63, 3.8) is 0 Å². The van der Waals surface area contributed by atoms with E-state index in [0.717, 1.165) is 22.6 Å². The van der Waals surface area contributed by atoms with Crippen LogP contribution in [0.3, 0.4) is 0 Å². The maximum absolute atomic E-state index is 6.00. The standard InChI is InChI=1S/C13H20ClNS2/c1-2-7-15-11(12-4-3-8-16-12)9-10-5-6-13(14)17-10/h5-6,11-12,15H,2-4,7-9H2,1H3. The van der Waals surface area contributed by atoms with Gasteiger partial charge < -0.3 is 5.32 Å². The van der Waals surface area contributed by atoms with Crippen LogP contribution in [-0.4, -0.2) is 23.6 Å². The van der Waals surface area contributed by atoms with Crippen molar-refractivity contribution in [2.45, 2.75) is 43.9 Å². The van der Waals surface area contributed by atoms with E-state index < -0.39 is 0 Å². The van der Waals surface area contributed by atoms with Crippen LogP contribution < -0.4 is 5.32 Å². The largest absolute Gasteiger partial charge is 0.313 e. The zero-order valence-corrected chi connectivity index (χ0v) is 12.6. The van der Waals surface area contributed by atoms with Gasteiger partial charge in [0, 0.05) is 16.2 Å². The van der Waals surface area contributed by atoms with Gasteiger partial charge in [-0.1, -0.05) is 18.5 Å². The van der Waals surface area contributed by atoms with E-state index in [1.807, 2.05) is 6.07 Å². The molecule has 0 amide bonds. The lowest BCUT2D eigenvalue weighted by atomic mass is 10.1. The molecule has 0 saturated carbocycles. The summed E-state index contributed by atoms with van der Waals surface area (Å²) in [5.41, 5.74) is 0. The van der Waals surface area contributed by atoms with Crippen LogP contribution in [0.4, 0.5) is 0 Å². The van der Waals surface area contributed by atoms with Gasteiger partial charge in [0.05, 0.1) is 4.34 Å². The highest BCUT2D eigenvalue weighted by Crippen LogP contribution is 2.31. The first-order valence-electron chi connectivity index (χ1n) is 6.39. The van der Waals surface area contributed by atoms with E-state index in [9.17, 15) is 0 Å². The summed E-state index contributed by atoms with van der Waals surface area (Å²) in [6.45, 7) is 3.36. The third-order valence-electron chi connectivity index (χ3n) is 3.12. The number of halogens is 1. The Kier molecular flexibility index (Phi) is 5.67. The molecule has 2 heterocycles. The number of rotatable bonds is 6. The number of thiophene rings is 1. The zero-order chi connectivity index (χ0) is 12.1. The monoisotopic (exact) mass is 289 g/mol. The predicted molar refractivity (Wildman–Crippen MR) is 80.6 cm³/mol. The molecule has 0 spiro atoms. The van der Waals surface area contributed by atoms with Gasteiger partial charge in [0.1, 0.15) is 0 Å². The number of hydrogen-bond acceptors (Lipinski definition) is 3. The average Bonchev–Trinajstić information content (AvgIpc) is 2.95. The second kappa shape index (κ2) is 7.03. The molecule has 17 heavy (non-hydrogen) atoms. The SMILES string of the molecule is CCCNC(Cc1ccc(Cl)s1)C1CCCS1. The summed E-state index contributed by atoms with van der Waals surface area (Å²) in [7, 11) is 0. The molecule has 0 aromatic carbocycles. The normalized spacial score (nSPS) is 21.9. The van der Waals surface area contributed by atoms with E-state index in [4.69, 9.17) is 11.6 Å². The first-order valence-corrected chi connectivity index (χ1v) is 8.63. The zero-order valence-electron chi connectivity index (χ0n) is 10.2. The summed E-state index contributed by atoms with van der Waals surface area (Å²) in [4.78, 5) is 1.41. The van der Waals surface area contributed by atoms with Crippen LogP contribution in [0, 0.1) is 0 Å². The molecule has 0 bridgehead atoms. The summed E-state index contributed by atoms with van der Waals surface area (Å²) in [6.07, 6.45) is 5.09. The van der Waals surface area contributed by atoms with E-state index in [0.29, 0.717) is 6.04 Å². The van der Waals surface area contributed by atoms with Crippen LogP contribution >= 0.6 is 34.7 Å². The first-order chi connectivity index (χ1) is 8.29. The Morgan fingerprint density at radius 1 is 1.53 bits per heavy atom. The Morgan fingerprint density at radius 3 is 3.00 bits per heavy atom. The lowest BCUT2D eigenvalue weighted by Crippen LogP contribution is -2.39. The molecule has 0 aliphatic carbocycles. The second-order valence-electron chi connectivity index (χ2n) is 4.52. The molecule has 1 aromatic rings. The van der Waals surface area contributed by atoms with Gasteiger partial charge in [-0.15, -0.1) is 11.3 Å². The lowest BCUT2D eigenvalue weighted by Gasteiger charge is -2.23. The number of thioether (sulfide) groups is 1. The lowest BCUT2D eigenvalue weighted by molar-refractivity contribution is 0.484. The summed E-state index contributed by atoms with van der Waals surface area (Å²) in [5.74, 6) is 1.33. The maximum atomic E-state index is 6.00. The molecular weight excluding hydrogens is 270 g/mol. The second-order valence-corrected chi connectivity index (χ2v) is 7.67. The summed E-state index contributed by atoms with van der Waals surface area (Å²) >= 11 is 9.86. The minimum absolute atomic E-state index is 0.622. The van der Waals surface area contributed by atoms with Crippen molar-refractivity contribution in [2.24, 2.45) is 0 Å². The van der Waals surface area contributed by atoms with E-state index in [1.54, 1.807) is 11.3 Å². The first kappa shape index (κ1) is 13.7. The molecule has 1 nitrogen and oxygen atoms in total. The van der Waals surface area contributed by atoms with Crippen molar-refractivity contribution in [3.05, 3.63) is 21.3 Å². The van der Waals surface area contributed by atoms with Gasteiger partial charge in [0.25, 0.3) is 0 Å². The quantitative estimate of drug-likeness (QED) is 0.842. The maximum Gasteiger partial charge on any atom is 0.0931 e. The third-order valence-corrected chi connectivity index (χ3v) is 5.89. The van der Waals surface area contributed by atoms with Crippen molar-refractivity contribution in [1.29, 1.82) is 0 Å². The molecule has 1 aliphatic rings. The Labute approximate surface area is 117 Å². The van der Waals surface area contributed by atoms with Crippen LogP contribution in [0.25, 0.3) is 0 Å². The highest BCUT2D eigenvalue weighted by Gasteiger charge is 2.25. The predicted octanol–water partition coefficient (Wildman–Crippen LogP) is 4.21. The molecule has 1 aromatic heterocycles. The van der Waals surface area contributed by atoms with Gasteiger partial charge in [-0.3, -0.25) is 0 Å². The van der Waals surface area contributed by atoms with Gasteiger partial charge in [0.15, 0.2) is 0 Å². The minimum atomic E-state index is 0.622. The molecule has 2 atom stereocenters. The molecule has 0 radical (unpaired) electrons. The van der Waals surface area contributed by atoms with E-state index in [2.05, 4.69) is 30.1 Å². The molecule has 4 heteroatoms. The highest BCUT2D eigenvalue weighted by molar-refractivity contribution is 8.00. The van der Waals surface area contributed by atoms with Crippen molar-refractivity contribution in [3.8, 4) is 0 Å². The average molecular weight is 290 g/mol. The van der Waals surface area contributed by atoms with Crippen LogP contribution in [0.2, 0.25) is 4.34 Å². The summed E-state index contributed by atoms with van der Waals surface area (Å²) in [6, 6.07) is 4.81.